The first-order valence-corrected chi connectivity index (χ1v) is 8.50. The van der Waals surface area contributed by atoms with Gasteiger partial charge in [-0.25, -0.2) is 0 Å². The van der Waals surface area contributed by atoms with Gasteiger partial charge < -0.3 is 5.32 Å². The quantitative estimate of drug-likeness (QED) is 0.639. The van der Waals surface area contributed by atoms with Gasteiger partial charge in [-0.3, -0.25) is 15.0 Å². The van der Waals surface area contributed by atoms with Crippen LogP contribution in [0.25, 0.3) is 0 Å². The number of hydrogen-bond acceptors (Lipinski definition) is 4. The van der Waals surface area contributed by atoms with Crippen molar-refractivity contribution in [1.82, 2.24) is 4.90 Å². The molecule has 24 heavy (non-hydrogen) atoms. The van der Waals surface area contributed by atoms with Gasteiger partial charge in [0.25, 0.3) is 5.69 Å². The Bertz CT molecular complexity index is 679. The molecule has 0 saturated carbocycles. The van der Waals surface area contributed by atoms with Crippen molar-refractivity contribution in [2.45, 2.75) is 32.4 Å². The van der Waals surface area contributed by atoms with Gasteiger partial charge in [-0.1, -0.05) is 30.7 Å². The van der Waals surface area contributed by atoms with E-state index in [0.29, 0.717) is 0 Å². The van der Waals surface area contributed by atoms with Crippen LogP contribution in [-0.4, -0.2) is 22.9 Å². The van der Waals surface area contributed by atoms with Crippen LogP contribution in [0.15, 0.2) is 48.5 Å². The molecule has 0 unspecified atom stereocenters. The molecule has 0 spiro atoms. The predicted octanol–water partition coefficient (Wildman–Crippen LogP) is 4.19. The van der Waals surface area contributed by atoms with Crippen LogP contribution >= 0.6 is 0 Å². The van der Waals surface area contributed by atoms with Crippen molar-refractivity contribution >= 4 is 11.4 Å². The summed E-state index contributed by atoms with van der Waals surface area (Å²) >= 11 is 0. The lowest BCUT2D eigenvalue weighted by atomic mass is 10.0. The number of nitro benzene ring substituents is 1. The van der Waals surface area contributed by atoms with Crippen molar-refractivity contribution in [2.24, 2.45) is 0 Å². The SMILES string of the molecule is O=[N+]([O-])c1ccc(NCc2ccccc2CN2CCCCC2)cc1. The van der Waals surface area contributed by atoms with Gasteiger partial charge in [0.2, 0.25) is 0 Å². The van der Waals surface area contributed by atoms with E-state index in [0.717, 1.165) is 18.8 Å². The highest BCUT2D eigenvalue weighted by molar-refractivity contribution is 5.49. The van der Waals surface area contributed by atoms with Crippen LogP contribution in [0.5, 0.6) is 0 Å². The molecule has 1 heterocycles. The minimum Gasteiger partial charge on any atom is -0.381 e. The van der Waals surface area contributed by atoms with E-state index in [-0.39, 0.29) is 10.6 Å². The smallest absolute Gasteiger partial charge is 0.269 e. The molecule has 0 radical (unpaired) electrons. The fraction of sp³-hybridized carbons (Fsp3) is 0.368. The van der Waals surface area contributed by atoms with Crippen LogP contribution in [0.1, 0.15) is 30.4 Å². The maximum atomic E-state index is 10.7. The molecule has 126 valence electrons. The predicted molar refractivity (Wildman–Crippen MR) is 96.0 cm³/mol. The number of rotatable bonds is 6. The standard InChI is InChI=1S/C19H23N3O2/c23-22(24)19-10-8-18(9-11-19)20-14-16-6-2-3-7-17(16)15-21-12-4-1-5-13-21/h2-3,6-11,20H,1,4-5,12-15H2. The summed E-state index contributed by atoms with van der Waals surface area (Å²) in [5.74, 6) is 0. The Hall–Kier alpha value is -2.40. The van der Waals surface area contributed by atoms with E-state index in [9.17, 15) is 10.1 Å². The number of anilines is 1. The second-order valence-corrected chi connectivity index (χ2v) is 6.26. The van der Waals surface area contributed by atoms with Crippen LogP contribution in [0.4, 0.5) is 11.4 Å². The molecule has 0 amide bonds. The van der Waals surface area contributed by atoms with Gasteiger partial charge in [0.05, 0.1) is 4.92 Å². The first-order valence-electron chi connectivity index (χ1n) is 8.50. The molecule has 2 aromatic rings. The van der Waals surface area contributed by atoms with Crippen molar-refractivity contribution in [3.63, 3.8) is 0 Å². The number of benzene rings is 2. The van der Waals surface area contributed by atoms with Gasteiger partial charge in [0.15, 0.2) is 0 Å². The third-order valence-corrected chi connectivity index (χ3v) is 4.52. The number of nitro groups is 1. The molecule has 5 nitrogen and oxygen atoms in total. The highest BCUT2D eigenvalue weighted by atomic mass is 16.6. The molecule has 1 fully saturated rings. The zero-order chi connectivity index (χ0) is 16.8. The fourth-order valence-corrected chi connectivity index (χ4v) is 3.14. The lowest BCUT2D eigenvalue weighted by Gasteiger charge is -2.27. The molecule has 0 bridgehead atoms. The van der Waals surface area contributed by atoms with Gasteiger partial charge in [0.1, 0.15) is 0 Å². The van der Waals surface area contributed by atoms with E-state index in [1.54, 1.807) is 12.1 Å². The summed E-state index contributed by atoms with van der Waals surface area (Å²) < 4.78 is 0. The number of non-ortho nitro benzene ring substituents is 1. The summed E-state index contributed by atoms with van der Waals surface area (Å²) in [6, 6.07) is 15.1. The first-order chi connectivity index (χ1) is 11.7. The second kappa shape index (κ2) is 7.93. The Morgan fingerprint density at radius 1 is 0.958 bits per heavy atom. The van der Waals surface area contributed by atoms with Gasteiger partial charge in [-0.15, -0.1) is 0 Å². The van der Waals surface area contributed by atoms with E-state index < -0.39 is 0 Å². The van der Waals surface area contributed by atoms with Gasteiger partial charge in [-0.2, -0.15) is 0 Å². The molecule has 0 aliphatic carbocycles. The summed E-state index contributed by atoms with van der Waals surface area (Å²) in [5, 5.41) is 14.1. The van der Waals surface area contributed by atoms with Gasteiger partial charge in [0, 0.05) is 30.9 Å². The van der Waals surface area contributed by atoms with E-state index in [2.05, 4.69) is 34.5 Å². The van der Waals surface area contributed by atoms with Crippen molar-refractivity contribution < 1.29 is 4.92 Å². The summed E-state index contributed by atoms with van der Waals surface area (Å²) in [6.07, 6.45) is 3.94. The molecule has 1 saturated heterocycles. The number of nitrogens with zero attached hydrogens (tertiary/aromatic N) is 2. The molecule has 0 aromatic heterocycles. The van der Waals surface area contributed by atoms with E-state index in [4.69, 9.17) is 0 Å². The zero-order valence-corrected chi connectivity index (χ0v) is 13.8. The topological polar surface area (TPSA) is 58.4 Å². The third-order valence-electron chi connectivity index (χ3n) is 4.52. The average Bonchev–Trinajstić information content (AvgIpc) is 2.62. The number of hydrogen-bond donors (Lipinski definition) is 1. The Balaban J connectivity index is 1.63. The Labute approximate surface area is 142 Å². The largest absolute Gasteiger partial charge is 0.381 e. The highest BCUT2D eigenvalue weighted by Crippen LogP contribution is 2.19. The fourth-order valence-electron chi connectivity index (χ4n) is 3.14. The van der Waals surface area contributed by atoms with E-state index in [1.165, 1.54) is 55.6 Å². The summed E-state index contributed by atoms with van der Waals surface area (Å²) in [7, 11) is 0. The minimum absolute atomic E-state index is 0.117. The molecule has 5 heteroatoms. The zero-order valence-electron chi connectivity index (χ0n) is 13.8. The van der Waals surface area contributed by atoms with Crippen molar-refractivity contribution in [1.29, 1.82) is 0 Å². The average molecular weight is 325 g/mol. The summed E-state index contributed by atoms with van der Waals surface area (Å²) in [4.78, 5) is 12.9. The van der Waals surface area contributed by atoms with Crippen LogP contribution in [0.2, 0.25) is 0 Å². The number of nitrogens with one attached hydrogen (secondary N) is 1. The highest BCUT2D eigenvalue weighted by Gasteiger charge is 2.12. The van der Waals surface area contributed by atoms with Crippen LogP contribution in [0, 0.1) is 10.1 Å². The number of piperidine rings is 1. The van der Waals surface area contributed by atoms with E-state index >= 15 is 0 Å². The van der Waals surface area contributed by atoms with Gasteiger partial charge >= 0.3 is 0 Å². The summed E-state index contributed by atoms with van der Waals surface area (Å²) in [5.41, 5.74) is 3.65. The minimum atomic E-state index is -0.377. The van der Waals surface area contributed by atoms with E-state index in [1.807, 2.05) is 0 Å². The Kier molecular flexibility index (Phi) is 5.43. The Morgan fingerprint density at radius 3 is 2.29 bits per heavy atom. The maximum absolute atomic E-state index is 10.7. The normalized spacial score (nSPS) is 15.2. The first kappa shape index (κ1) is 16.5. The van der Waals surface area contributed by atoms with Crippen molar-refractivity contribution in [3.8, 4) is 0 Å². The molecular weight excluding hydrogens is 302 g/mol. The number of likely N-dealkylation sites (tertiary alicyclic amines) is 1. The van der Waals surface area contributed by atoms with Crippen molar-refractivity contribution in [2.75, 3.05) is 18.4 Å². The summed E-state index contributed by atoms with van der Waals surface area (Å²) in [6.45, 7) is 4.09. The van der Waals surface area contributed by atoms with Crippen LogP contribution in [0.3, 0.4) is 0 Å². The molecule has 1 aliphatic heterocycles. The van der Waals surface area contributed by atoms with Crippen molar-refractivity contribution in [3.05, 3.63) is 69.8 Å². The second-order valence-electron chi connectivity index (χ2n) is 6.26. The lowest BCUT2D eigenvalue weighted by molar-refractivity contribution is -0.384. The molecular formula is C19H23N3O2. The molecule has 1 aliphatic rings. The monoisotopic (exact) mass is 325 g/mol. The van der Waals surface area contributed by atoms with Gasteiger partial charge in [-0.05, 0) is 49.2 Å². The van der Waals surface area contributed by atoms with Crippen LogP contribution in [-0.2, 0) is 13.1 Å². The maximum Gasteiger partial charge on any atom is 0.269 e. The van der Waals surface area contributed by atoms with Crippen LogP contribution < -0.4 is 5.32 Å². The Morgan fingerprint density at radius 2 is 1.62 bits per heavy atom. The molecule has 3 rings (SSSR count). The molecule has 0 atom stereocenters. The molecule has 1 N–H and O–H groups in total. The molecule has 2 aromatic carbocycles. The lowest BCUT2D eigenvalue weighted by Crippen LogP contribution is -2.29. The third kappa shape index (κ3) is 4.32.